The van der Waals surface area contributed by atoms with Gasteiger partial charge in [0.2, 0.25) is 0 Å². The summed E-state index contributed by atoms with van der Waals surface area (Å²) in [7, 11) is 0. The van der Waals surface area contributed by atoms with Crippen LogP contribution in [0.25, 0.3) is 0 Å². The maximum absolute atomic E-state index is 13.5. The number of rotatable bonds is 4. The average molecular weight is 295 g/mol. The van der Waals surface area contributed by atoms with E-state index in [1.54, 1.807) is 4.90 Å². The van der Waals surface area contributed by atoms with Crippen molar-refractivity contribution >= 4 is 11.7 Å². The molecule has 2 rings (SSSR count). The normalized spacial score (nSPS) is 22.2. The summed E-state index contributed by atoms with van der Waals surface area (Å²) in [6.45, 7) is 7.55. The van der Waals surface area contributed by atoms with E-state index in [1.165, 1.54) is 6.07 Å². The van der Waals surface area contributed by atoms with E-state index in [-0.39, 0.29) is 23.6 Å². The lowest BCUT2D eigenvalue weighted by Crippen LogP contribution is -2.50. The number of anilines is 1. The summed E-state index contributed by atoms with van der Waals surface area (Å²) in [5.41, 5.74) is 0.282. The van der Waals surface area contributed by atoms with Gasteiger partial charge in [-0.2, -0.15) is 0 Å². The monoisotopic (exact) mass is 295 g/mol. The number of carbonyl (C=O) groups excluding carboxylic acids is 1. The molecule has 6 heteroatoms. The number of hydrogen-bond acceptors (Lipinski definition) is 4. The molecule has 0 bridgehead atoms. The third-order valence-electron chi connectivity index (χ3n) is 3.50. The number of amides is 1. The van der Waals surface area contributed by atoms with Gasteiger partial charge in [0.1, 0.15) is 11.6 Å². The Labute approximate surface area is 124 Å². The van der Waals surface area contributed by atoms with Gasteiger partial charge in [-0.25, -0.2) is 9.37 Å². The van der Waals surface area contributed by atoms with Gasteiger partial charge in [-0.15, -0.1) is 0 Å². The van der Waals surface area contributed by atoms with Crippen LogP contribution in [0.1, 0.15) is 37.6 Å². The first-order chi connectivity index (χ1) is 10.0. The smallest absolute Gasteiger partial charge is 0.258 e. The van der Waals surface area contributed by atoms with Crippen molar-refractivity contribution in [2.75, 3.05) is 25.0 Å². The number of hydrogen-bond donors (Lipinski definition) is 1. The molecule has 1 N–H and O–H groups in total. The van der Waals surface area contributed by atoms with E-state index >= 15 is 0 Å². The Balaban J connectivity index is 2.26. The molecule has 0 aromatic carbocycles. The molecule has 1 fully saturated rings. The highest BCUT2D eigenvalue weighted by molar-refractivity contribution is 5.99. The number of nitrogens with zero attached hydrogens (tertiary/aromatic N) is 2. The van der Waals surface area contributed by atoms with Gasteiger partial charge in [0.15, 0.2) is 0 Å². The van der Waals surface area contributed by atoms with Crippen molar-refractivity contribution < 1.29 is 13.9 Å². The lowest BCUT2D eigenvalue weighted by molar-refractivity contribution is -0.0386. The van der Waals surface area contributed by atoms with Crippen molar-refractivity contribution in [3.63, 3.8) is 0 Å². The molecule has 5 nitrogen and oxygen atoms in total. The average Bonchev–Trinajstić information content (AvgIpc) is 2.47. The molecular weight excluding hydrogens is 273 g/mol. The maximum atomic E-state index is 13.5. The number of morpholine rings is 1. The third kappa shape index (κ3) is 3.69. The van der Waals surface area contributed by atoms with E-state index in [0.717, 1.165) is 12.6 Å². The third-order valence-corrected chi connectivity index (χ3v) is 3.50. The van der Waals surface area contributed by atoms with Crippen molar-refractivity contribution in [2.24, 2.45) is 0 Å². The Morgan fingerprint density at radius 1 is 1.57 bits per heavy atom. The molecule has 1 aromatic heterocycles. The van der Waals surface area contributed by atoms with Gasteiger partial charge in [-0.1, -0.05) is 6.92 Å². The van der Waals surface area contributed by atoms with E-state index < -0.39 is 5.82 Å². The molecular formula is C15H22FN3O2. The molecule has 1 aliphatic heterocycles. The van der Waals surface area contributed by atoms with Gasteiger partial charge in [0, 0.05) is 13.1 Å². The van der Waals surface area contributed by atoms with E-state index in [0.29, 0.717) is 25.5 Å². The van der Waals surface area contributed by atoms with E-state index in [2.05, 4.69) is 10.3 Å². The van der Waals surface area contributed by atoms with Crippen LogP contribution in [0.2, 0.25) is 0 Å². The van der Waals surface area contributed by atoms with Crippen molar-refractivity contribution in [3.05, 3.63) is 23.6 Å². The molecule has 2 unspecified atom stereocenters. The van der Waals surface area contributed by atoms with Gasteiger partial charge in [0.25, 0.3) is 5.91 Å². The Morgan fingerprint density at radius 2 is 2.33 bits per heavy atom. The number of aromatic nitrogens is 1. The first-order valence-corrected chi connectivity index (χ1v) is 7.35. The van der Waals surface area contributed by atoms with Crippen molar-refractivity contribution in [3.8, 4) is 0 Å². The first-order valence-electron chi connectivity index (χ1n) is 7.35. The summed E-state index contributed by atoms with van der Waals surface area (Å²) in [5, 5.41) is 3.08. The number of ether oxygens (including phenoxy) is 1. The summed E-state index contributed by atoms with van der Waals surface area (Å²) in [4.78, 5) is 18.5. The van der Waals surface area contributed by atoms with Crippen LogP contribution in [0, 0.1) is 5.82 Å². The standard InChI is InChI=1S/C15H22FN3O2/c1-4-5-17-14-13(6-12(16)7-18-14)15(20)19-8-11(3)21-9-10(19)2/h6-7,10-11H,4-5,8-9H2,1-3H3,(H,17,18). The molecule has 2 atom stereocenters. The van der Waals surface area contributed by atoms with Crippen molar-refractivity contribution in [1.82, 2.24) is 9.88 Å². The van der Waals surface area contributed by atoms with Gasteiger partial charge < -0.3 is 15.0 Å². The molecule has 0 aliphatic carbocycles. The number of pyridine rings is 1. The SMILES string of the molecule is CCCNc1ncc(F)cc1C(=O)N1CC(C)OCC1C. The zero-order valence-electron chi connectivity index (χ0n) is 12.7. The highest BCUT2D eigenvalue weighted by Crippen LogP contribution is 2.20. The fourth-order valence-electron chi connectivity index (χ4n) is 2.33. The zero-order chi connectivity index (χ0) is 15.4. The maximum Gasteiger partial charge on any atom is 0.258 e. The Morgan fingerprint density at radius 3 is 3.05 bits per heavy atom. The molecule has 116 valence electrons. The molecule has 1 aliphatic rings. The van der Waals surface area contributed by atoms with Crippen LogP contribution >= 0.6 is 0 Å². The molecule has 2 heterocycles. The lowest BCUT2D eigenvalue weighted by Gasteiger charge is -2.37. The van der Waals surface area contributed by atoms with Crippen LogP contribution in [0.4, 0.5) is 10.2 Å². The minimum atomic E-state index is -0.505. The van der Waals surface area contributed by atoms with Crippen molar-refractivity contribution in [2.45, 2.75) is 39.3 Å². The second-order valence-corrected chi connectivity index (χ2v) is 5.43. The van der Waals surface area contributed by atoms with Crippen LogP contribution < -0.4 is 5.32 Å². The lowest BCUT2D eigenvalue weighted by atomic mass is 10.1. The van der Waals surface area contributed by atoms with Crippen LogP contribution in [0.5, 0.6) is 0 Å². The predicted molar refractivity (Wildman–Crippen MR) is 78.9 cm³/mol. The molecule has 1 amide bonds. The molecule has 0 spiro atoms. The topological polar surface area (TPSA) is 54.5 Å². The first kappa shape index (κ1) is 15.7. The van der Waals surface area contributed by atoms with Gasteiger partial charge in [0.05, 0.1) is 30.5 Å². The molecule has 21 heavy (non-hydrogen) atoms. The largest absolute Gasteiger partial charge is 0.375 e. The fraction of sp³-hybridized carbons (Fsp3) is 0.600. The second kappa shape index (κ2) is 6.85. The predicted octanol–water partition coefficient (Wildman–Crippen LogP) is 2.29. The highest BCUT2D eigenvalue weighted by atomic mass is 19.1. The van der Waals surface area contributed by atoms with E-state index in [1.807, 2.05) is 20.8 Å². The molecule has 0 saturated carbocycles. The van der Waals surface area contributed by atoms with Crippen LogP contribution in [0.15, 0.2) is 12.3 Å². The van der Waals surface area contributed by atoms with E-state index in [4.69, 9.17) is 4.74 Å². The van der Waals surface area contributed by atoms with Gasteiger partial charge in [-0.05, 0) is 26.3 Å². The highest BCUT2D eigenvalue weighted by Gasteiger charge is 2.30. The van der Waals surface area contributed by atoms with Crippen LogP contribution in [0.3, 0.4) is 0 Å². The minimum Gasteiger partial charge on any atom is -0.375 e. The summed E-state index contributed by atoms with van der Waals surface area (Å²) in [6, 6.07) is 1.22. The fourth-order valence-corrected chi connectivity index (χ4v) is 2.33. The molecule has 1 saturated heterocycles. The molecule has 0 radical (unpaired) electrons. The van der Waals surface area contributed by atoms with Crippen LogP contribution in [-0.4, -0.2) is 47.6 Å². The van der Waals surface area contributed by atoms with Gasteiger partial charge >= 0.3 is 0 Å². The van der Waals surface area contributed by atoms with E-state index in [9.17, 15) is 9.18 Å². The summed E-state index contributed by atoms with van der Waals surface area (Å²) in [5.74, 6) is -0.271. The molecule has 1 aromatic rings. The Kier molecular flexibility index (Phi) is 5.12. The summed E-state index contributed by atoms with van der Waals surface area (Å²) in [6.07, 6.45) is 2.01. The Bertz CT molecular complexity index is 510. The van der Waals surface area contributed by atoms with Crippen LogP contribution in [-0.2, 0) is 4.74 Å². The number of carbonyl (C=O) groups is 1. The summed E-state index contributed by atoms with van der Waals surface area (Å²) < 4.78 is 19.0. The van der Waals surface area contributed by atoms with Gasteiger partial charge in [-0.3, -0.25) is 4.79 Å². The number of nitrogens with one attached hydrogen (secondary N) is 1. The Hall–Kier alpha value is -1.69. The quantitative estimate of drug-likeness (QED) is 0.926. The zero-order valence-corrected chi connectivity index (χ0v) is 12.7. The second-order valence-electron chi connectivity index (χ2n) is 5.43. The minimum absolute atomic E-state index is 0.0151. The summed E-state index contributed by atoms with van der Waals surface area (Å²) >= 11 is 0. The van der Waals surface area contributed by atoms with Crippen molar-refractivity contribution in [1.29, 1.82) is 0 Å². The number of halogens is 1.